The van der Waals surface area contributed by atoms with Gasteiger partial charge in [-0.15, -0.1) is 5.10 Å². The molecule has 1 unspecified atom stereocenters. The number of aliphatic hydroxyl groups is 1. The van der Waals surface area contributed by atoms with E-state index in [0.29, 0.717) is 12.2 Å². The van der Waals surface area contributed by atoms with Crippen molar-refractivity contribution in [1.29, 1.82) is 0 Å². The second kappa shape index (κ2) is 7.19. The van der Waals surface area contributed by atoms with Crippen LogP contribution in [0.25, 0.3) is 0 Å². The largest absolute Gasteiger partial charge is 0.467 e. The van der Waals surface area contributed by atoms with Gasteiger partial charge in [0.05, 0.1) is 26.5 Å². The number of nitrogens with zero attached hydrogens (tertiary/aromatic N) is 3. The fraction of sp³-hybridized carbons (Fsp3) is 0.308. The maximum atomic E-state index is 11.9. The molecule has 0 aliphatic heterocycles. The number of aromatic nitrogens is 3. The number of anilines is 1. The number of hydrogen-bond donors (Lipinski definition) is 2. The second-order valence-corrected chi connectivity index (χ2v) is 5.15. The summed E-state index contributed by atoms with van der Waals surface area (Å²) < 4.78 is 7.20. The maximum absolute atomic E-state index is 11.9. The molecule has 0 aliphatic carbocycles. The molecule has 0 saturated carbocycles. The van der Waals surface area contributed by atoms with Crippen LogP contribution in [0.15, 0.2) is 34.9 Å². The number of carbonyl (C=O) groups excluding carboxylic acids is 1. The topological polar surface area (TPSA) is 89.3 Å². The molecule has 21 heavy (non-hydrogen) atoms. The van der Waals surface area contributed by atoms with Crippen LogP contribution in [0.5, 0.6) is 0 Å². The van der Waals surface area contributed by atoms with Gasteiger partial charge in [0.2, 0.25) is 0 Å². The Hall–Kier alpha value is -1.93. The summed E-state index contributed by atoms with van der Waals surface area (Å²) in [5, 5.41) is 19.7. The monoisotopic (exact) mass is 354 g/mol. The molecule has 0 spiro atoms. The van der Waals surface area contributed by atoms with Crippen molar-refractivity contribution in [3.63, 3.8) is 0 Å². The van der Waals surface area contributed by atoms with Crippen LogP contribution in [0, 0.1) is 0 Å². The van der Waals surface area contributed by atoms with Crippen LogP contribution < -0.4 is 5.32 Å². The van der Waals surface area contributed by atoms with E-state index in [4.69, 9.17) is 9.84 Å². The van der Waals surface area contributed by atoms with Crippen LogP contribution in [-0.4, -0.2) is 39.8 Å². The Morgan fingerprint density at radius 3 is 2.81 bits per heavy atom. The van der Waals surface area contributed by atoms with Crippen molar-refractivity contribution in [3.05, 3.63) is 40.6 Å². The van der Waals surface area contributed by atoms with E-state index in [1.165, 1.54) is 11.8 Å². The lowest BCUT2D eigenvalue weighted by Crippen LogP contribution is -2.22. The van der Waals surface area contributed by atoms with Crippen LogP contribution in [0.2, 0.25) is 0 Å². The zero-order valence-corrected chi connectivity index (χ0v) is 12.9. The molecule has 1 atom stereocenters. The van der Waals surface area contributed by atoms with Gasteiger partial charge in [0.1, 0.15) is 5.69 Å². The molecule has 7 nitrogen and oxygen atoms in total. The molecule has 1 heterocycles. The van der Waals surface area contributed by atoms with Crippen molar-refractivity contribution in [2.45, 2.75) is 12.6 Å². The van der Waals surface area contributed by atoms with Gasteiger partial charge in [-0.25, -0.2) is 9.48 Å². The van der Waals surface area contributed by atoms with Crippen molar-refractivity contribution in [2.24, 2.45) is 0 Å². The molecule has 2 rings (SSSR count). The third-order valence-electron chi connectivity index (χ3n) is 2.77. The molecule has 0 amide bonds. The SMILES string of the molecule is COC(=O)C(Nc1ccc(Br)cc1)c1cn(CCO)nn1. The highest BCUT2D eigenvalue weighted by atomic mass is 79.9. The van der Waals surface area contributed by atoms with E-state index in [-0.39, 0.29) is 6.61 Å². The number of ether oxygens (including phenoxy) is 1. The minimum absolute atomic E-state index is 0.0498. The maximum Gasteiger partial charge on any atom is 0.334 e. The lowest BCUT2D eigenvalue weighted by molar-refractivity contribution is -0.141. The molecule has 2 N–H and O–H groups in total. The molecule has 0 saturated heterocycles. The lowest BCUT2D eigenvalue weighted by Gasteiger charge is -2.15. The van der Waals surface area contributed by atoms with Gasteiger partial charge in [-0.3, -0.25) is 0 Å². The third-order valence-corrected chi connectivity index (χ3v) is 3.30. The van der Waals surface area contributed by atoms with Crippen molar-refractivity contribution in [3.8, 4) is 0 Å². The Kier molecular flexibility index (Phi) is 5.29. The summed E-state index contributed by atoms with van der Waals surface area (Å²) in [6, 6.07) is 6.62. The van der Waals surface area contributed by atoms with Crippen LogP contribution in [0.1, 0.15) is 11.7 Å². The van der Waals surface area contributed by atoms with Crippen molar-refractivity contribution >= 4 is 27.6 Å². The molecule has 0 fully saturated rings. The lowest BCUT2D eigenvalue weighted by atomic mass is 10.2. The second-order valence-electron chi connectivity index (χ2n) is 4.24. The Morgan fingerprint density at radius 2 is 2.19 bits per heavy atom. The first-order valence-corrected chi connectivity index (χ1v) is 7.04. The number of aliphatic hydroxyl groups excluding tert-OH is 1. The Bertz CT molecular complexity index is 600. The predicted octanol–water partition coefficient (Wildman–Crippen LogP) is 1.36. The Morgan fingerprint density at radius 1 is 1.48 bits per heavy atom. The first-order chi connectivity index (χ1) is 10.1. The summed E-state index contributed by atoms with van der Waals surface area (Å²) in [5.41, 5.74) is 1.18. The van der Waals surface area contributed by atoms with Crippen molar-refractivity contribution in [2.75, 3.05) is 19.0 Å². The standard InChI is InChI=1S/C13H15BrN4O3/c1-21-13(20)12(11-8-18(6-7-19)17-16-11)15-10-4-2-9(14)3-5-10/h2-5,8,12,15,19H,6-7H2,1H3. The summed E-state index contributed by atoms with van der Waals surface area (Å²) in [7, 11) is 1.32. The summed E-state index contributed by atoms with van der Waals surface area (Å²) in [6.07, 6.45) is 1.60. The van der Waals surface area contributed by atoms with Gasteiger partial charge in [-0.05, 0) is 24.3 Å². The van der Waals surface area contributed by atoms with Gasteiger partial charge in [0, 0.05) is 10.2 Å². The van der Waals surface area contributed by atoms with E-state index in [1.807, 2.05) is 24.3 Å². The Balaban J connectivity index is 2.21. The Labute approximate surface area is 130 Å². The summed E-state index contributed by atoms with van der Waals surface area (Å²) >= 11 is 3.35. The third kappa shape index (κ3) is 4.02. The molecule has 0 aliphatic rings. The van der Waals surface area contributed by atoms with Crippen molar-refractivity contribution < 1.29 is 14.6 Å². The molecule has 2 aromatic rings. The normalized spacial score (nSPS) is 12.0. The minimum atomic E-state index is -0.761. The summed E-state index contributed by atoms with van der Waals surface area (Å²) in [4.78, 5) is 11.9. The van der Waals surface area contributed by atoms with E-state index in [1.54, 1.807) is 6.20 Å². The number of carbonyl (C=O) groups is 1. The number of rotatable bonds is 6. The van der Waals surface area contributed by atoms with Gasteiger partial charge >= 0.3 is 5.97 Å². The summed E-state index contributed by atoms with van der Waals surface area (Å²) in [6.45, 7) is 0.269. The van der Waals surface area contributed by atoms with E-state index >= 15 is 0 Å². The van der Waals surface area contributed by atoms with Crippen LogP contribution in [0.4, 0.5) is 5.69 Å². The van der Waals surface area contributed by atoms with Gasteiger partial charge in [0.25, 0.3) is 0 Å². The first kappa shape index (κ1) is 15.5. The van der Waals surface area contributed by atoms with Gasteiger partial charge in [-0.1, -0.05) is 21.1 Å². The van der Waals surface area contributed by atoms with E-state index in [2.05, 4.69) is 31.6 Å². The molecule has 8 heteroatoms. The van der Waals surface area contributed by atoms with E-state index in [9.17, 15) is 4.79 Å². The minimum Gasteiger partial charge on any atom is -0.467 e. The number of esters is 1. The van der Waals surface area contributed by atoms with Gasteiger partial charge in [0.15, 0.2) is 6.04 Å². The van der Waals surface area contributed by atoms with Crippen LogP contribution in [0.3, 0.4) is 0 Å². The molecular formula is C13H15BrN4O3. The number of methoxy groups -OCH3 is 1. The number of hydrogen-bond acceptors (Lipinski definition) is 6. The fourth-order valence-electron chi connectivity index (χ4n) is 1.74. The van der Waals surface area contributed by atoms with E-state index in [0.717, 1.165) is 10.2 Å². The number of nitrogens with one attached hydrogen (secondary N) is 1. The molecule has 112 valence electrons. The van der Waals surface area contributed by atoms with E-state index < -0.39 is 12.0 Å². The predicted molar refractivity (Wildman–Crippen MR) is 79.6 cm³/mol. The first-order valence-electron chi connectivity index (χ1n) is 6.25. The highest BCUT2D eigenvalue weighted by Crippen LogP contribution is 2.21. The van der Waals surface area contributed by atoms with Crippen LogP contribution in [-0.2, 0) is 16.1 Å². The molecule has 1 aromatic carbocycles. The van der Waals surface area contributed by atoms with Crippen molar-refractivity contribution in [1.82, 2.24) is 15.0 Å². The molecular weight excluding hydrogens is 340 g/mol. The molecule has 1 aromatic heterocycles. The summed E-state index contributed by atoms with van der Waals surface area (Å²) in [5.74, 6) is -0.464. The van der Waals surface area contributed by atoms with Crippen LogP contribution >= 0.6 is 15.9 Å². The number of benzene rings is 1. The molecule has 0 bridgehead atoms. The number of halogens is 1. The fourth-order valence-corrected chi connectivity index (χ4v) is 2.01. The van der Waals surface area contributed by atoms with Gasteiger partial charge < -0.3 is 15.2 Å². The molecule has 0 radical (unpaired) electrons. The zero-order valence-electron chi connectivity index (χ0n) is 11.4. The quantitative estimate of drug-likeness (QED) is 0.761. The zero-order chi connectivity index (χ0) is 15.2. The smallest absolute Gasteiger partial charge is 0.334 e. The average molecular weight is 355 g/mol. The highest BCUT2D eigenvalue weighted by molar-refractivity contribution is 9.10. The highest BCUT2D eigenvalue weighted by Gasteiger charge is 2.24. The van der Waals surface area contributed by atoms with Gasteiger partial charge in [-0.2, -0.15) is 0 Å². The average Bonchev–Trinajstić information content (AvgIpc) is 2.94.